The maximum absolute atomic E-state index is 12.3. The first-order valence-corrected chi connectivity index (χ1v) is 9.08. The van der Waals surface area contributed by atoms with Crippen molar-refractivity contribution in [1.82, 2.24) is 5.43 Å². The zero-order chi connectivity index (χ0) is 21.0. The summed E-state index contributed by atoms with van der Waals surface area (Å²) in [5.74, 6) is -1.35. The number of nitro benzene ring substituents is 1. The molecule has 9 heteroatoms. The van der Waals surface area contributed by atoms with Crippen LogP contribution in [0.1, 0.15) is 24.5 Å². The van der Waals surface area contributed by atoms with Gasteiger partial charge in [-0.05, 0) is 30.2 Å². The molecule has 1 fully saturated rings. The van der Waals surface area contributed by atoms with Crippen molar-refractivity contribution >= 4 is 29.4 Å². The van der Waals surface area contributed by atoms with Crippen LogP contribution in [0.4, 0.5) is 11.4 Å². The second-order valence-electron chi connectivity index (χ2n) is 6.66. The first-order chi connectivity index (χ1) is 13.9. The van der Waals surface area contributed by atoms with Gasteiger partial charge in [0.1, 0.15) is 5.75 Å². The lowest BCUT2D eigenvalue weighted by Gasteiger charge is -2.16. The van der Waals surface area contributed by atoms with Gasteiger partial charge < -0.3 is 10.0 Å². The number of nitrogens with zero attached hydrogens (tertiary/aromatic N) is 3. The minimum atomic E-state index is -0.596. The van der Waals surface area contributed by atoms with E-state index in [0.717, 1.165) is 36.0 Å². The molecule has 1 atom stereocenters. The van der Waals surface area contributed by atoms with Gasteiger partial charge in [0.15, 0.2) is 0 Å². The van der Waals surface area contributed by atoms with Crippen LogP contribution in [-0.4, -0.2) is 34.6 Å². The number of hydrogen-bond donors (Lipinski definition) is 2. The van der Waals surface area contributed by atoms with E-state index < -0.39 is 16.7 Å². The smallest absolute Gasteiger partial charge is 0.270 e. The normalized spacial score (nSPS) is 16.4. The largest absolute Gasteiger partial charge is 0.507 e. The van der Waals surface area contributed by atoms with Crippen LogP contribution in [0.5, 0.6) is 5.75 Å². The van der Waals surface area contributed by atoms with E-state index in [4.69, 9.17) is 0 Å². The van der Waals surface area contributed by atoms with Gasteiger partial charge in [-0.25, -0.2) is 5.43 Å². The maximum Gasteiger partial charge on any atom is 0.270 e. The summed E-state index contributed by atoms with van der Waals surface area (Å²) in [7, 11) is 0. The number of nitrogens with one attached hydrogen (secondary N) is 1. The lowest BCUT2D eigenvalue weighted by molar-refractivity contribution is -0.384. The number of benzene rings is 2. The number of hydrazone groups is 1. The van der Waals surface area contributed by atoms with Gasteiger partial charge >= 0.3 is 0 Å². The Morgan fingerprint density at radius 1 is 1.34 bits per heavy atom. The fourth-order valence-corrected chi connectivity index (χ4v) is 3.06. The molecule has 1 heterocycles. The second kappa shape index (κ2) is 8.51. The number of rotatable bonds is 6. The number of phenolic OH excluding ortho intramolecular Hbond substituents is 1. The van der Waals surface area contributed by atoms with Crippen molar-refractivity contribution in [1.29, 1.82) is 0 Å². The molecule has 1 aliphatic rings. The monoisotopic (exact) mass is 396 g/mol. The van der Waals surface area contributed by atoms with E-state index >= 15 is 0 Å². The van der Waals surface area contributed by atoms with Gasteiger partial charge in [0.05, 0.1) is 17.1 Å². The lowest BCUT2D eigenvalue weighted by Crippen LogP contribution is -2.30. The Kier molecular flexibility index (Phi) is 5.87. The Hall–Kier alpha value is -3.75. The average molecular weight is 396 g/mol. The number of aryl methyl sites for hydroxylation is 1. The fraction of sp³-hybridized carbons (Fsp3) is 0.250. The third kappa shape index (κ3) is 4.57. The number of phenols is 1. The Balaban J connectivity index is 1.63. The lowest BCUT2D eigenvalue weighted by atomic mass is 10.1. The van der Waals surface area contributed by atoms with E-state index in [0.29, 0.717) is 0 Å². The van der Waals surface area contributed by atoms with E-state index in [1.165, 1.54) is 6.07 Å². The van der Waals surface area contributed by atoms with Gasteiger partial charge in [0.25, 0.3) is 5.69 Å². The average Bonchev–Trinajstić information content (AvgIpc) is 3.11. The van der Waals surface area contributed by atoms with E-state index in [9.17, 15) is 24.8 Å². The molecule has 9 nitrogen and oxygen atoms in total. The van der Waals surface area contributed by atoms with Gasteiger partial charge in [-0.15, -0.1) is 0 Å². The molecule has 1 aliphatic heterocycles. The van der Waals surface area contributed by atoms with E-state index in [1.54, 1.807) is 4.90 Å². The minimum Gasteiger partial charge on any atom is -0.507 e. The van der Waals surface area contributed by atoms with E-state index in [1.807, 2.05) is 31.2 Å². The van der Waals surface area contributed by atoms with Crippen LogP contribution >= 0.6 is 0 Å². The quantitative estimate of drug-likeness (QED) is 0.440. The summed E-state index contributed by atoms with van der Waals surface area (Å²) >= 11 is 0. The standard InChI is InChI=1S/C20H20N4O5/c1-2-13-3-5-16(6-4-13)23-12-15(10-19(23)26)20(27)22-21-11-14-9-17(24(28)29)7-8-18(14)25/h3-9,11,15,25H,2,10,12H2,1H3,(H,22,27)/t15-/m1/s1. The number of non-ortho nitro benzene ring substituents is 1. The molecule has 1 saturated heterocycles. The van der Waals surface area contributed by atoms with Crippen LogP contribution in [0, 0.1) is 16.0 Å². The molecule has 0 radical (unpaired) electrons. The highest BCUT2D eigenvalue weighted by Crippen LogP contribution is 2.26. The minimum absolute atomic E-state index is 0.0684. The van der Waals surface area contributed by atoms with Crippen LogP contribution in [0.2, 0.25) is 0 Å². The summed E-state index contributed by atoms with van der Waals surface area (Å²) in [5.41, 5.74) is 4.12. The highest BCUT2D eigenvalue weighted by Gasteiger charge is 2.35. The van der Waals surface area contributed by atoms with Crippen LogP contribution in [0.3, 0.4) is 0 Å². The van der Waals surface area contributed by atoms with Gasteiger partial charge in [-0.1, -0.05) is 19.1 Å². The Labute approximate surface area is 166 Å². The molecule has 0 aromatic heterocycles. The molecule has 0 saturated carbocycles. The highest BCUT2D eigenvalue weighted by molar-refractivity contribution is 6.00. The third-order valence-corrected chi connectivity index (χ3v) is 4.75. The Morgan fingerprint density at radius 2 is 2.07 bits per heavy atom. The number of carbonyl (C=O) groups is 2. The second-order valence-corrected chi connectivity index (χ2v) is 6.66. The summed E-state index contributed by atoms with van der Waals surface area (Å²) in [4.78, 5) is 36.4. The number of anilines is 1. The molecule has 0 bridgehead atoms. The molecule has 2 aromatic carbocycles. The molecular weight excluding hydrogens is 376 g/mol. The van der Waals surface area contributed by atoms with E-state index in [2.05, 4.69) is 10.5 Å². The van der Waals surface area contributed by atoms with Crippen LogP contribution in [-0.2, 0) is 16.0 Å². The number of aromatic hydroxyl groups is 1. The third-order valence-electron chi connectivity index (χ3n) is 4.75. The van der Waals surface area contributed by atoms with Crippen molar-refractivity contribution in [3.05, 3.63) is 63.7 Å². The van der Waals surface area contributed by atoms with Gasteiger partial charge in [-0.3, -0.25) is 19.7 Å². The molecule has 0 spiro atoms. The van der Waals surface area contributed by atoms with Gasteiger partial charge in [0.2, 0.25) is 11.8 Å². The van der Waals surface area contributed by atoms with Crippen molar-refractivity contribution in [3.63, 3.8) is 0 Å². The van der Waals surface area contributed by atoms with Crippen LogP contribution in [0.25, 0.3) is 0 Å². The zero-order valence-electron chi connectivity index (χ0n) is 15.7. The van der Waals surface area contributed by atoms with Crippen LogP contribution in [0.15, 0.2) is 47.6 Å². The number of carbonyl (C=O) groups excluding carboxylic acids is 2. The topological polar surface area (TPSA) is 125 Å². The first kappa shape index (κ1) is 20.0. The van der Waals surface area contributed by atoms with Crippen LogP contribution < -0.4 is 10.3 Å². The molecule has 29 heavy (non-hydrogen) atoms. The molecule has 2 aromatic rings. The molecule has 0 aliphatic carbocycles. The first-order valence-electron chi connectivity index (χ1n) is 9.08. The van der Waals surface area contributed by atoms with Crippen molar-refractivity contribution in [3.8, 4) is 5.75 Å². The maximum atomic E-state index is 12.3. The molecule has 2 N–H and O–H groups in total. The number of amides is 2. The summed E-state index contributed by atoms with van der Waals surface area (Å²) in [6.07, 6.45) is 2.09. The Bertz CT molecular complexity index is 971. The summed E-state index contributed by atoms with van der Waals surface area (Å²) in [6, 6.07) is 11.1. The number of nitro groups is 1. The SMILES string of the molecule is CCc1ccc(N2C[C@H](C(=O)NN=Cc3cc([N+](=O)[O-])ccc3O)CC2=O)cc1. The van der Waals surface area contributed by atoms with Crippen molar-refractivity contribution in [2.45, 2.75) is 19.8 Å². The summed E-state index contributed by atoms with van der Waals surface area (Å²) < 4.78 is 0. The predicted molar refractivity (Wildman–Crippen MR) is 107 cm³/mol. The van der Waals surface area contributed by atoms with Crippen molar-refractivity contribution in [2.24, 2.45) is 11.0 Å². The summed E-state index contributed by atoms with van der Waals surface area (Å²) in [5, 5.41) is 24.3. The molecule has 0 unspecified atom stereocenters. The van der Waals surface area contributed by atoms with Gasteiger partial charge in [-0.2, -0.15) is 5.10 Å². The summed E-state index contributed by atoms with van der Waals surface area (Å²) in [6.45, 7) is 2.29. The van der Waals surface area contributed by atoms with Crippen molar-refractivity contribution in [2.75, 3.05) is 11.4 Å². The molecule has 2 amide bonds. The highest BCUT2D eigenvalue weighted by atomic mass is 16.6. The zero-order valence-corrected chi connectivity index (χ0v) is 15.7. The molecular formula is C20H20N4O5. The number of hydrogen-bond acceptors (Lipinski definition) is 6. The molecule has 3 rings (SSSR count). The predicted octanol–water partition coefficient (Wildman–Crippen LogP) is 2.37. The Morgan fingerprint density at radius 3 is 2.72 bits per heavy atom. The molecule has 150 valence electrons. The van der Waals surface area contributed by atoms with Gasteiger partial charge in [0, 0.05) is 36.3 Å². The fourth-order valence-electron chi connectivity index (χ4n) is 3.06. The van der Waals surface area contributed by atoms with E-state index in [-0.39, 0.29) is 35.9 Å². The van der Waals surface area contributed by atoms with Crippen molar-refractivity contribution < 1.29 is 19.6 Å².